The molecule has 0 radical (unpaired) electrons. The van der Waals surface area contributed by atoms with Crippen LogP contribution >= 0.6 is 22.7 Å². The summed E-state index contributed by atoms with van der Waals surface area (Å²) in [5.41, 5.74) is 7.81. The summed E-state index contributed by atoms with van der Waals surface area (Å²) >= 11 is 2.58. The molecule has 0 amide bonds. The van der Waals surface area contributed by atoms with E-state index in [-0.39, 0.29) is 69.4 Å². The van der Waals surface area contributed by atoms with Gasteiger partial charge in [0, 0.05) is 11.1 Å². The second-order valence-electron chi connectivity index (χ2n) is 11.0. The maximum Gasteiger partial charge on any atom is 1.00 e. The third-order valence-corrected chi connectivity index (χ3v) is 11.8. The number of hydrogen-bond donors (Lipinski definition) is 2. The predicted molar refractivity (Wildman–Crippen MR) is 191 cm³/mol. The number of hydrogen-bond acceptors (Lipinski definition) is 16. The van der Waals surface area contributed by atoms with Gasteiger partial charge in [-0.3, -0.25) is 20.4 Å². The van der Waals surface area contributed by atoms with E-state index in [9.17, 15) is 35.5 Å². The van der Waals surface area contributed by atoms with Crippen LogP contribution in [0.25, 0.3) is 41.6 Å². The van der Waals surface area contributed by atoms with E-state index in [2.05, 4.69) is 26.0 Å². The number of fused-ring (bicyclic) bond motifs is 2. The number of benzene rings is 5. The van der Waals surface area contributed by atoms with Gasteiger partial charge in [-0.15, -0.1) is 22.7 Å². The average Bonchev–Trinajstić information content (AvgIpc) is 3.71. The summed E-state index contributed by atoms with van der Waals surface area (Å²) in [5.74, 6) is 0. The third-order valence-electron chi connectivity index (χ3n) is 7.55. The number of rotatable bonds is 8. The first-order valence-corrected chi connectivity index (χ1v) is 19.1. The maximum atomic E-state index is 12.9. The summed E-state index contributed by atoms with van der Waals surface area (Å²) in [7, 11) is -9.30. The van der Waals surface area contributed by atoms with Crippen molar-refractivity contribution in [3.63, 3.8) is 0 Å². The molecule has 256 valence electrons. The SMILES string of the molecule is Cc1ccc2nc(-c3ccc4nc(-c5ccc(N/N=c6\c(=O)cc/c(=N\Nc7ccc(S(=O)(=O)[O-])cc7)c6=O)cc5)sc4c3)sc2c1S(=O)(=O)[O-].[Na+].[Na+]. The van der Waals surface area contributed by atoms with Crippen LogP contribution in [0.2, 0.25) is 0 Å². The van der Waals surface area contributed by atoms with Gasteiger partial charge in [0.1, 0.15) is 35.6 Å². The normalized spacial score (nSPS) is 12.4. The van der Waals surface area contributed by atoms with Crippen molar-refractivity contribution in [2.24, 2.45) is 10.2 Å². The van der Waals surface area contributed by atoms with Gasteiger partial charge >= 0.3 is 59.1 Å². The Labute approximate surface area is 352 Å². The van der Waals surface area contributed by atoms with Crippen molar-refractivity contribution in [2.75, 3.05) is 10.9 Å². The van der Waals surface area contributed by atoms with Gasteiger partial charge in [0.2, 0.25) is 10.9 Å². The van der Waals surface area contributed by atoms with Gasteiger partial charge < -0.3 is 9.11 Å². The molecule has 53 heavy (non-hydrogen) atoms. The molecule has 7 rings (SSSR count). The van der Waals surface area contributed by atoms with Crippen LogP contribution in [-0.4, -0.2) is 35.9 Å². The molecule has 0 unspecified atom stereocenters. The fourth-order valence-electron chi connectivity index (χ4n) is 5.05. The molecule has 0 saturated carbocycles. The van der Waals surface area contributed by atoms with Crippen LogP contribution in [0.1, 0.15) is 5.56 Å². The number of thiazole rings is 2. The van der Waals surface area contributed by atoms with Gasteiger partial charge in [0.15, 0.2) is 5.36 Å². The van der Waals surface area contributed by atoms with Crippen LogP contribution in [-0.2, 0) is 20.2 Å². The quantitative estimate of drug-likeness (QED) is 0.0951. The molecule has 0 aliphatic carbocycles. The van der Waals surface area contributed by atoms with E-state index >= 15 is 0 Å². The Morgan fingerprint density at radius 2 is 1.25 bits per heavy atom. The molecule has 14 nitrogen and oxygen atoms in total. The number of aromatic nitrogens is 2. The molecule has 0 aliphatic rings. The summed E-state index contributed by atoms with van der Waals surface area (Å²) in [4.78, 5) is 34.0. The average molecular weight is 803 g/mol. The van der Waals surface area contributed by atoms with E-state index in [1.165, 1.54) is 29.5 Å². The van der Waals surface area contributed by atoms with Crippen LogP contribution in [0.5, 0.6) is 0 Å². The monoisotopic (exact) mass is 802 g/mol. The Kier molecular flexibility index (Phi) is 12.3. The van der Waals surface area contributed by atoms with Crippen LogP contribution < -0.4 is 91.5 Å². The molecule has 0 aliphatic heterocycles. The standard InChI is InChI=1S/C33H22N6O8S4.2Na/c1-17-2-12-25-30(31(17)51(45,46)47)49-33(35-25)19-5-13-23-27(16-19)48-32(34-23)18-3-6-20(7-4-18)37-39-28-26(40)15-14-24(29(28)41)38-36-21-8-10-22(11-9-21)50(42,43)44;;/h2-16,36-37H,1H3,(H,42,43,44)(H,45,46,47);;/q;2*+1/p-2/b38-24+,39-28+;;. The first-order chi connectivity index (χ1) is 24.2. The van der Waals surface area contributed by atoms with E-state index in [1.807, 2.05) is 18.2 Å². The van der Waals surface area contributed by atoms with Crippen molar-refractivity contribution >= 4 is 74.7 Å². The largest absolute Gasteiger partial charge is 1.00 e. The Morgan fingerprint density at radius 3 is 1.91 bits per heavy atom. The number of nitrogens with zero attached hydrogens (tertiary/aromatic N) is 4. The van der Waals surface area contributed by atoms with Crippen molar-refractivity contribution in [2.45, 2.75) is 16.7 Å². The van der Waals surface area contributed by atoms with Gasteiger partial charge in [0.25, 0.3) is 0 Å². The maximum absolute atomic E-state index is 12.9. The van der Waals surface area contributed by atoms with Gasteiger partial charge in [-0.25, -0.2) is 26.8 Å². The molecule has 2 N–H and O–H groups in total. The van der Waals surface area contributed by atoms with Crippen LogP contribution in [0.3, 0.4) is 0 Å². The van der Waals surface area contributed by atoms with Gasteiger partial charge in [-0.2, -0.15) is 10.2 Å². The molecule has 0 atom stereocenters. The number of anilines is 2. The van der Waals surface area contributed by atoms with Gasteiger partial charge in [-0.1, -0.05) is 6.07 Å². The molecule has 0 bridgehead atoms. The molecular formula is C33H20N6Na2O8S4. The fourth-order valence-corrected chi connectivity index (χ4v) is 8.81. The van der Waals surface area contributed by atoms with Crippen LogP contribution in [0, 0.1) is 6.92 Å². The van der Waals surface area contributed by atoms with E-state index in [4.69, 9.17) is 4.98 Å². The minimum Gasteiger partial charge on any atom is -0.744 e. The predicted octanol–water partition coefficient (Wildman–Crippen LogP) is -2.18. The molecule has 0 saturated heterocycles. The van der Waals surface area contributed by atoms with Crippen LogP contribution in [0.15, 0.2) is 121 Å². The molecule has 2 aromatic heterocycles. The molecule has 2 heterocycles. The number of nitrogens with one attached hydrogen (secondary N) is 2. The second kappa shape index (κ2) is 16.1. The minimum atomic E-state index is -4.69. The topological polar surface area (TPSA) is 223 Å². The summed E-state index contributed by atoms with van der Waals surface area (Å²) in [6.45, 7) is 1.58. The van der Waals surface area contributed by atoms with E-state index in [0.717, 1.165) is 55.9 Å². The zero-order valence-corrected chi connectivity index (χ0v) is 35.1. The summed E-state index contributed by atoms with van der Waals surface area (Å²) in [5, 5.41) is 8.76. The van der Waals surface area contributed by atoms with Crippen molar-refractivity contribution in [1.29, 1.82) is 0 Å². The summed E-state index contributed by atoms with van der Waals surface area (Å²) in [6.07, 6.45) is 0. The zero-order chi connectivity index (χ0) is 36.1. The van der Waals surface area contributed by atoms with Crippen LogP contribution in [0.4, 0.5) is 11.4 Å². The number of aryl methyl sites for hydroxylation is 1. The van der Waals surface area contributed by atoms with Gasteiger partial charge in [-0.05, 0) is 97.4 Å². The van der Waals surface area contributed by atoms with Gasteiger partial charge in [0.05, 0.1) is 41.6 Å². The molecule has 0 fully saturated rings. The fraction of sp³-hybridized carbons (Fsp3) is 0.0303. The second-order valence-corrected chi connectivity index (χ2v) is 15.7. The van der Waals surface area contributed by atoms with Crippen molar-refractivity contribution < 1.29 is 85.1 Å². The Hall–Kier alpha value is -3.50. The van der Waals surface area contributed by atoms with E-state index in [1.54, 1.807) is 43.3 Å². The smallest absolute Gasteiger partial charge is 0.744 e. The first kappa shape index (κ1) is 40.7. The zero-order valence-electron chi connectivity index (χ0n) is 27.8. The molecule has 7 aromatic rings. The summed E-state index contributed by atoms with van der Waals surface area (Å²) in [6, 6.07) is 23.0. The molecule has 20 heteroatoms. The van der Waals surface area contributed by atoms with Crippen molar-refractivity contribution in [3.8, 4) is 21.1 Å². The summed E-state index contributed by atoms with van der Waals surface area (Å²) < 4.78 is 70.3. The van der Waals surface area contributed by atoms with Crippen molar-refractivity contribution in [1.82, 2.24) is 9.97 Å². The Morgan fingerprint density at radius 1 is 0.660 bits per heavy atom. The Balaban J connectivity index is 0.00000271. The third kappa shape index (κ3) is 8.75. The van der Waals surface area contributed by atoms with E-state index < -0.39 is 41.3 Å². The van der Waals surface area contributed by atoms with Crippen molar-refractivity contribution in [3.05, 3.63) is 128 Å². The van der Waals surface area contributed by atoms with E-state index in [0.29, 0.717) is 32.2 Å². The molecule has 0 spiro atoms. The minimum absolute atomic E-state index is 0. The molecule has 5 aromatic carbocycles. The Bertz CT molecular complexity index is 2980. The molecular weight excluding hydrogens is 783 g/mol. The first-order valence-electron chi connectivity index (χ1n) is 14.6.